The first-order chi connectivity index (χ1) is 13.2. The number of amides is 1. The summed E-state index contributed by atoms with van der Waals surface area (Å²) in [6.07, 6.45) is 0.00894. The van der Waals surface area contributed by atoms with Crippen LogP contribution >= 0.6 is 24.0 Å². The Hall–Kier alpha value is -1.38. The first-order valence-electron chi connectivity index (χ1n) is 9.16. The van der Waals surface area contributed by atoms with Crippen LogP contribution in [0.15, 0.2) is 21.5 Å². The molecule has 0 aromatic carbocycles. The molecule has 1 aliphatic rings. The third-order valence-corrected chi connectivity index (χ3v) is 6.10. The minimum Gasteiger partial charge on any atom is -0.454 e. The van der Waals surface area contributed by atoms with Crippen LogP contribution in [0.4, 0.5) is 0 Å². The van der Waals surface area contributed by atoms with E-state index in [-0.39, 0.29) is 48.2 Å². The van der Waals surface area contributed by atoms with E-state index in [1.54, 1.807) is 13.1 Å². The van der Waals surface area contributed by atoms with Crippen LogP contribution in [0.5, 0.6) is 0 Å². The van der Waals surface area contributed by atoms with Gasteiger partial charge in [-0.05, 0) is 26.0 Å². The lowest BCUT2D eigenvalue weighted by atomic mass is 10.4. The number of halogens is 1. The van der Waals surface area contributed by atoms with E-state index in [1.807, 2.05) is 18.7 Å². The molecule has 10 nitrogen and oxygen atoms in total. The van der Waals surface area contributed by atoms with Crippen molar-refractivity contribution >= 4 is 45.9 Å². The molecule has 0 saturated carbocycles. The molecule has 166 valence electrons. The summed E-state index contributed by atoms with van der Waals surface area (Å²) in [6, 6.07) is 3.19. The second kappa shape index (κ2) is 11.7. The number of carbonyl (C=O) groups is 1. The fraction of sp³-hybridized carbons (Fsp3) is 0.647. The Morgan fingerprint density at radius 1 is 1.31 bits per heavy atom. The Morgan fingerprint density at radius 2 is 1.97 bits per heavy atom. The van der Waals surface area contributed by atoms with Gasteiger partial charge in [0.05, 0.1) is 25.0 Å². The highest BCUT2D eigenvalue weighted by molar-refractivity contribution is 14.0. The SMILES string of the molecule is CN=C(NCc1ccc(C(N)=O)o1)N1CCN(S(=O)(=O)CCOC(C)C)CC1.I. The second-order valence-corrected chi connectivity index (χ2v) is 8.74. The third-order valence-electron chi connectivity index (χ3n) is 4.26. The van der Waals surface area contributed by atoms with Crippen LogP contribution in [-0.4, -0.2) is 81.2 Å². The predicted octanol–water partition coefficient (Wildman–Crippen LogP) is 0.444. The van der Waals surface area contributed by atoms with Crippen LogP contribution in [0.3, 0.4) is 0 Å². The molecule has 0 spiro atoms. The maximum Gasteiger partial charge on any atom is 0.284 e. The van der Waals surface area contributed by atoms with Crippen LogP contribution in [0.1, 0.15) is 30.2 Å². The van der Waals surface area contributed by atoms with E-state index in [1.165, 1.54) is 10.4 Å². The number of sulfonamides is 1. The average Bonchev–Trinajstić information content (AvgIpc) is 3.11. The first-order valence-corrected chi connectivity index (χ1v) is 10.8. The van der Waals surface area contributed by atoms with Crippen molar-refractivity contribution in [1.29, 1.82) is 0 Å². The maximum atomic E-state index is 12.4. The van der Waals surface area contributed by atoms with Crippen molar-refractivity contribution in [3.63, 3.8) is 0 Å². The average molecular weight is 543 g/mol. The van der Waals surface area contributed by atoms with E-state index in [0.717, 1.165) is 0 Å². The number of hydrogen-bond donors (Lipinski definition) is 2. The maximum absolute atomic E-state index is 12.4. The minimum absolute atomic E-state index is 0. The molecule has 2 heterocycles. The van der Waals surface area contributed by atoms with Crippen molar-refractivity contribution < 1.29 is 22.4 Å². The minimum atomic E-state index is -3.33. The Balaban J connectivity index is 0.00000420. The Morgan fingerprint density at radius 3 is 2.48 bits per heavy atom. The predicted molar refractivity (Wildman–Crippen MR) is 121 cm³/mol. The van der Waals surface area contributed by atoms with Gasteiger partial charge >= 0.3 is 0 Å². The van der Waals surface area contributed by atoms with Crippen LogP contribution in [0, 0.1) is 0 Å². The van der Waals surface area contributed by atoms with E-state index in [0.29, 0.717) is 44.4 Å². The third kappa shape index (κ3) is 7.75. The quantitative estimate of drug-likeness (QED) is 0.277. The van der Waals surface area contributed by atoms with Gasteiger partial charge in [-0.1, -0.05) is 0 Å². The van der Waals surface area contributed by atoms with Gasteiger partial charge in [-0.2, -0.15) is 4.31 Å². The summed E-state index contributed by atoms with van der Waals surface area (Å²) < 4.78 is 37.0. The molecule has 0 bridgehead atoms. The molecule has 1 aliphatic heterocycles. The van der Waals surface area contributed by atoms with Crippen LogP contribution in [-0.2, 0) is 21.3 Å². The number of ether oxygens (including phenoxy) is 1. The summed E-state index contributed by atoms with van der Waals surface area (Å²) in [4.78, 5) is 17.3. The highest BCUT2D eigenvalue weighted by Crippen LogP contribution is 2.10. The van der Waals surface area contributed by atoms with Gasteiger partial charge in [-0.3, -0.25) is 9.79 Å². The molecule has 1 amide bonds. The number of primary amides is 1. The van der Waals surface area contributed by atoms with Crippen molar-refractivity contribution in [1.82, 2.24) is 14.5 Å². The highest BCUT2D eigenvalue weighted by atomic mass is 127. The van der Waals surface area contributed by atoms with E-state index in [2.05, 4.69) is 10.3 Å². The molecule has 0 aliphatic carbocycles. The molecule has 12 heteroatoms. The highest BCUT2D eigenvalue weighted by Gasteiger charge is 2.28. The zero-order valence-electron chi connectivity index (χ0n) is 17.0. The number of guanidine groups is 1. The van der Waals surface area contributed by atoms with Gasteiger partial charge in [-0.15, -0.1) is 24.0 Å². The molecular formula is C17H30IN5O5S. The smallest absolute Gasteiger partial charge is 0.284 e. The molecule has 0 unspecified atom stereocenters. The van der Waals surface area contributed by atoms with Gasteiger partial charge in [0.2, 0.25) is 10.0 Å². The molecule has 29 heavy (non-hydrogen) atoms. The van der Waals surface area contributed by atoms with Gasteiger partial charge in [0.15, 0.2) is 11.7 Å². The van der Waals surface area contributed by atoms with Crippen molar-refractivity contribution in [2.75, 3.05) is 45.6 Å². The number of carbonyl (C=O) groups excluding carboxylic acids is 1. The Labute approximate surface area is 188 Å². The number of hydrogen-bond acceptors (Lipinski definition) is 6. The zero-order valence-corrected chi connectivity index (χ0v) is 20.1. The molecule has 3 N–H and O–H groups in total. The first kappa shape index (κ1) is 25.7. The lowest BCUT2D eigenvalue weighted by molar-refractivity contribution is 0.0904. The number of furan rings is 1. The summed E-state index contributed by atoms with van der Waals surface area (Å²) >= 11 is 0. The Kier molecular flexibility index (Phi) is 10.4. The van der Waals surface area contributed by atoms with Gasteiger partial charge in [0.25, 0.3) is 5.91 Å². The fourth-order valence-electron chi connectivity index (χ4n) is 2.80. The van der Waals surface area contributed by atoms with Crippen molar-refractivity contribution in [2.45, 2.75) is 26.5 Å². The second-order valence-electron chi connectivity index (χ2n) is 6.65. The largest absolute Gasteiger partial charge is 0.454 e. The number of aliphatic imine (C=N–C) groups is 1. The van der Waals surface area contributed by atoms with E-state index in [9.17, 15) is 13.2 Å². The number of nitrogens with one attached hydrogen (secondary N) is 1. The van der Waals surface area contributed by atoms with Gasteiger partial charge in [0.1, 0.15) is 5.76 Å². The van der Waals surface area contributed by atoms with E-state index >= 15 is 0 Å². The topological polar surface area (TPSA) is 130 Å². The molecule has 1 aromatic rings. The van der Waals surface area contributed by atoms with Crippen molar-refractivity contribution in [3.05, 3.63) is 23.7 Å². The fourth-order valence-corrected chi connectivity index (χ4v) is 4.08. The lowest BCUT2D eigenvalue weighted by Crippen LogP contribution is -2.54. The van der Waals surface area contributed by atoms with E-state index in [4.69, 9.17) is 14.9 Å². The monoisotopic (exact) mass is 543 g/mol. The lowest BCUT2D eigenvalue weighted by Gasteiger charge is -2.35. The van der Waals surface area contributed by atoms with Crippen molar-refractivity contribution in [2.24, 2.45) is 10.7 Å². The molecule has 0 atom stereocenters. The molecule has 1 saturated heterocycles. The number of nitrogens with two attached hydrogens (primary N) is 1. The Bertz CT molecular complexity index is 788. The molecule has 2 rings (SSSR count). The van der Waals surface area contributed by atoms with Crippen molar-refractivity contribution in [3.8, 4) is 0 Å². The number of piperazine rings is 1. The summed E-state index contributed by atoms with van der Waals surface area (Å²) in [5.41, 5.74) is 5.17. The van der Waals surface area contributed by atoms with Crippen LogP contribution < -0.4 is 11.1 Å². The molecule has 1 aromatic heterocycles. The van der Waals surface area contributed by atoms with Gasteiger partial charge in [-0.25, -0.2) is 8.42 Å². The standard InChI is InChI=1S/C17H29N5O5S.HI/c1-13(2)26-10-11-28(24,25)22-8-6-21(7-9-22)17(19-3)20-12-14-4-5-15(27-14)16(18)23;/h4-5,13H,6-12H2,1-3H3,(H2,18,23)(H,19,20);1H. The summed E-state index contributed by atoms with van der Waals surface area (Å²) in [6.45, 7) is 6.10. The summed E-state index contributed by atoms with van der Waals surface area (Å²) in [5, 5.41) is 3.15. The molecule has 0 radical (unpaired) electrons. The molecular weight excluding hydrogens is 513 g/mol. The van der Waals surface area contributed by atoms with Crippen LogP contribution in [0.2, 0.25) is 0 Å². The van der Waals surface area contributed by atoms with E-state index < -0.39 is 15.9 Å². The summed E-state index contributed by atoms with van der Waals surface area (Å²) in [5.74, 6) is 0.663. The zero-order chi connectivity index (χ0) is 20.7. The number of rotatable bonds is 8. The van der Waals surface area contributed by atoms with Gasteiger partial charge < -0.3 is 25.1 Å². The summed E-state index contributed by atoms with van der Waals surface area (Å²) in [7, 11) is -1.67. The van der Waals surface area contributed by atoms with Gasteiger partial charge in [0, 0.05) is 33.2 Å². The molecule has 1 fully saturated rings. The normalized spacial score (nSPS) is 16.0. The van der Waals surface area contributed by atoms with Crippen LogP contribution in [0.25, 0.3) is 0 Å². The number of nitrogens with zero attached hydrogens (tertiary/aromatic N) is 3.